The summed E-state index contributed by atoms with van der Waals surface area (Å²) in [6.07, 6.45) is -68.7. The summed E-state index contributed by atoms with van der Waals surface area (Å²) >= 11 is 0. The van der Waals surface area contributed by atoms with Crippen LogP contribution in [0.3, 0.4) is 0 Å². The normalized spacial score (nSPS) is 53.2. The molecular weight excluding hydrogens is 1110 g/mol. The van der Waals surface area contributed by atoms with Crippen molar-refractivity contribution in [1.82, 2.24) is 0 Å². The predicted octanol–water partition coefficient (Wildman–Crippen LogP) is -14.9. The molecule has 0 spiro atoms. The summed E-state index contributed by atoms with van der Waals surface area (Å²) in [7, 11) is 0. The van der Waals surface area contributed by atoms with Gasteiger partial charge in [0.1, 0.15) is 171 Å². The topological polar surface area (TPSA) is 569 Å². The van der Waals surface area contributed by atoms with Gasteiger partial charge >= 0.3 is 0 Å². The minimum absolute atomic E-state index is 0.0643. The predicted molar refractivity (Wildman–Crippen MR) is 246 cm³/mol. The van der Waals surface area contributed by atoms with Crippen LogP contribution in [0.2, 0.25) is 0 Å². The van der Waals surface area contributed by atoms with E-state index in [0.717, 1.165) is 0 Å². The van der Waals surface area contributed by atoms with Crippen LogP contribution in [-0.2, 0) is 71.1 Å². The Labute approximate surface area is 459 Å². The maximum Gasteiger partial charge on any atom is 0.187 e. The lowest BCUT2D eigenvalue weighted by Gasteiger charge is -2.50. The van der Waals surface area contributed by atoms with Gasteiger partial charge in [0.05, 0.1) is 46.2 Å². The van der Waals surface area contributed by atoms with E-state index in [4.69, 9.17) is 76.8 Å². The van der Waals surface area contributed by atoms with Gasteiger partial charge in [0.15, 0.2) is 44.0 Å². The first kappa shape index (κ1) is 65.5. The SMILES string of the molecule is NCCCO[C@H]1[C@@H]2O[C@H]3[C@H](O)[C@@H](O)[C@@H](O[C@H]4[C@H](O)[C@@H](O)[C@@H](O[C@H]5[C@H](O)[C@@H](O)[C@@H](O[C@H]6[C@H](O)[C@@H](O)[C@@H](O[C@H]7[C@H](O)[C@@H](O)[C@@H](O[C@H]8[C@H](O)[C@@H](O)[C@@H](O[C@H]([C@@H]1O)[C@@H](CO)O2)O[C@@H]8CO)O[C@@H]7CO)O[C@@H]6CO)O[C@@H]5CO)O[C@@H]4CO)O[C@@H]3CO. The van der Waals surface area contributed by atoms with E-state index >= 15 is 0 Å². The number of aliphatic hydroxyl groups is 20. The number of hydrogen-bond acceptors (Lipinski definition) is 36. The summed E-state index contributed by atoms with van der Waals surface area (Å²) in [6, 6.07) is 0. The fraction of sp³-hybridized carbons (Fsp3) is 1.00. The van der Waals surface area contributed by atoms with Gasteiger partial charge < -0.3 is 179 Å². The zero-order valence-electron chi connectivity index (χ0n) is 42.9. The zero-order valence-corrected chi connectivity index (χ0v) is 42.9. The lowest BCUT2D eigenvalue weighted by Crippen LogP contribution is -2.68. The molecule has 15 aliphatic rings. The molecule has 22 N–H and O–H groups in total. The van der Waals surface area contributed by atoms with E-state index in [2.05, 4.69) is 0 Å². The van der Waals surface area contributed by atoms with Crippen LogP contribution in [0, 0.1) is 0 Å². The second-order valence-electron chi connectivity index (χ2n) is 20.6. The maximum absolute atomic E-state index is 11.9. The second kappa shape index (κ2) is 28.6. The number of hydrogen-bond donors (Lipinski definition) is 21. The van der Waals surface area contributed by atoms with Crippen molar-refractivity contribution < 1.29 is 173 Å². The molecule has 0 radical (unpaired) electrons. The molecule has 36 heteroatoms. The summed E-state index contributed by atoms with van der Waals surface area (Å²) in [5.74, 6) is 0. The smallest absolute Gasteiger partial charge is 0.187 e. The lowest BCUT2D eigenvalue weighted by atomic mass is 9.95. The van der Waals surface area contributed by atoms with E-state index in [1.54, 1.807) is 0 Å². The zero-order chi connectivity index (χ0) is 58.9. The summed E-state index contributed by atoms with van der Waals surface area (Å²) in [5.41, 5.74) is 5.67. The van der Waals surface area contributed by atoms with Gasteiger partial charge in [-0.2, -0.15) is 0 Å². The Balaban J connectivity index is 1.10. The second-order valence-corrected chi connectivity index (χ2v) is 20.6. The van der Waals surface area contributed by atoms with Gasteiger partial charge in [-0.25, -0.2) is 0 Å². The Morgan fingerprint density at radius 2 is 0.432 bits per heavy atom. The van der Waals surface area contributed by atoms with Crippen LogP contribution in [0.25, 0.3) is 0 Å². The van der Waals surface area contributed by atoms with Crippen molar-refractivity contribution in [3.05, 3.63) is 0 Å². The molecule has 0 aliphatic carbocycles. The van der Waals surface area contributed by atoms with Gasteiger partial charge in [-0.15, -0.1) is 0 Å². The van der Waals surface area contributed by atoms with Crippen LogP contribution in [0.4, 0.5) is 0 Å². The highest BCUT2D eigenvalue weighted by Gasteiger charge is 2.60. The first-order valence-corrected chi connectivity index (χ1v) is 26.3. The summed E-state index contributed by atoms with van der Waals surface area (Å²) < 4.78 is 86.8. The number of aliphatic hydroxyl groups excluding tert-OH is 20. The summed E-state index contributed by atoms with van der Waals surface area (Å²) in [5, 5.41) is 222. The first-order chi connectivity index (χ1) is 38.7. The highest BCUT2D eigenvalue weighted by atomic mass is 16.8. The van der Waals surface area contributed by atoms with Crippen LogP contribution >= 0.6 is 0 Å². The molecule has 0 unspecified atom stereocenters. The van der Waals surface area contributed by atoms with Gasteiger partial charge in [0.25, 0.3) is 0 Å². The van der Waals surface area contributed by atoms with Crippen LogP contribution < -0.4 is 5.73 Å². The Hall–Kier alpha value is -1.44. The summed E-state index contributed by atoms with van der Waals surface area (Å²) in [4.78, 5) is 0. The van der Waals surface area contributed by atoms with Gasteiger partial charge in [-0.3, -0.25) is 0 Å². The third-order valence-corrected chi connectivity index (χ3v) is 15.4. The van der Waals surface area contributed by atoms with E-state index in [1.807, 2.05) is 0 Å². The molecule has 0 amide bonds. The van der Waals surface area contributed by atoms with Gasteiger partial charge in [0, 0.05) is 6.61 Å². The highest BCUT2D eigenvalue weighted by molar-refractivity contribution is 5.02. The Bertz CT molecular complexity index is 1900. The molecule has 15 fully saturated rings. The molecule has 0 aromatic rings. The van der Waals surface area contributed by atoms with Crippen molar-refractivity contribution in [2.75, 3.05) is 59.4 Å². The van der Waals surface area contributed by atoms with E-state index in [1.165, 1.54) is 0 Å². The van der Waals surface area contributed by atoms with Gasteiger partial charge in [-0.05, 0) is 13.0 Å². The van der Waals surface area contributed by atoms with Crippen molar-refractivity contribution in [2.24, 2.45) is 5.73 Å². The monoisotopic (exact) mass is 1190 g/mol. The van der Waals surface area contributed by atoms with Crippen molar-refractivity contribution in [1.29, 1.82) is 0 Å². The fourth-order valence-electron chi connectivity index (χ4n) is 10.9. The first-order valence-electron chi connectivity index (χ1n) is 26.3. The quantitative estimate of drug-likeness (QED) is 0.0854. The van der Waals surface area contributed by atoms with Crippen molar-refractivity contribution in [3.63, 3.8) is 0 Å². The average molecular weight is 1190 g/mol. The van der Waals surface area contributed by atoms with Crippen LogP contribution in [0.15, 0.2) is 0 Å². The molecule has 472 valence electrons. The Morgan fingerprint density at radius 1 is 0.247 bits per heavy atom. The molecule has 0 saturated carbocycles. The lowest BCUT2D eigenvalue weighted by molar-refractivity contribution is -0.398. The number of ether oxygens (including phenoxy) is 15. The van der Waals surface area contributed by atoms with E-state index in [0.29, 0.717) is 0 Å². The van der Waals surface area contributed by atoms with Crippen molar-refractivity contribution in [2.45, 2.75) is 221 Å². The fourth-order valence-corrected chi connectivity index (χ4v) is 10.9. The largest absolute Gasteiger partial charge is 0.394 e. The standard InChI is InChI=1S/C45H77NO35/c46-2-1-3-67-38-30(66)37-17(10-53)74-45(38)81-36-16(9-52)73-43(29(65)23(36)59)79-34-14(7-50)71-41(27(63)21(34)57)77-32-12(5-48)69-39(25(61)19(32)55)75-31-11(4-47)68-40(24(60)18(31)54)76-33-13(6-49)70-42(26(62)20(33)56)78-35-15(8-51)72-44(80-37)28(64)22(35)58/h11-45,47-66H,1-10,46H2/t11-,12-,13-,14-,15-,16-,17-,18-,19-,20-,21-,22-,23-,24-,25-,26-,27-,28-,29-,30+,31-,32-,33-,34-,35-,36-,37+,38-,39-,40-,41-,42-,43-,44-,45+/m1/s1. The van der Waals surface area contributed by atoms with Gasteiger partial charge in [-0.1, -0.05) is 0 Å². The summed E-state index contributed by atoms with van der Waals surface area (Å²) in [6.45, 7) is -7.36. The van der Waals surface area contributed by atoms with E-state index in [9.17, 15) is 102 Å². The molecule has 14 bridgehead atoms. The number of fused-ring (bicyclic) bond motifs is 7. The molecule has 0 aromatic heterocycles. The van der Waals surface area contributed by atoms with Crippen molar-refractivity contribution >= 4 is 0 Å². The van der Waals surface area contributed by atoms with Crippen molar-refractivity contribution in [3.8, 4) is 0 Å². The number of rotatable bonds is 11. The molecule has 0 aromatic carbocycles. The van der Waals surface area contributed by atoms with E-state index in [-0.39, 0.29) is 19.6 Å². The van der Waals surface area contributed by atoms with Gasteiger partial charge in [0.2, 0.25) is 0 Å². The average Bonchev–Trinajstić information content (AvgIpc) is 3.59. The third kappa shape index (κ3) is 13.4. The molecule has 36 nitrogen and oxygen atoms in total. The highest BCUT2D eigenvalue weighted by Crippen LogP contribution is 2.39. The minimum atomic E-state index is -2.21. The minimum Gasteiger partial charge on any atom is -0.394 e. The number of nitrogens with two attached hydrogens (primary N) is 1. The maximum atomic E-state index is 11.9. The molecule has 15 heterocycles. The molecule has 15 saturated heterocycles. The van der Waals surface area contributed by atoms with Crippen LogP contribution in [0.5, 0.6) is 0 Å². The van der Waals surface area contributed by atoms with E-state index < -0.39 is 261 Å². The van der Waals surface area contributed by atoms with Crippen LogP contribution in [0.1, 0.15) is 6.42 Å². The molecule has 15 rings (SSSR count). The molecule has 81 heavy (non-hydrogen) atoms. The third-order valence-electron chi connectivity index (χ3n) is 15.4. The molecular formula is C45H77NO35. The Morgan fingerprint density at radius 3 is 0.630 bits per heavy atom. The Kier molecular flexibility index (Phi) is 23.1. The molecule has 15 aliphatic heterocycles. The van der Waals surface area contributed by atoms with Crippen LogP contribution in [-0.4, -0.2) is 376 Å². The molecule has 35 atom stereocenters.